The van der Waals surface area contributed by atoms with Crippen LogP contribution in [0.15, 0.2) is 23.8 Å². The van der Waals surface area contributed by atoms with E-state index in [2.05, 4.69) is 25.2 Å². The van der Waals surface area contributed by atoms with Crippen molar-refractivity contribution in [2.24, 2.45) is 11.8 Å². The number of fused-ring (bicyclic) bond motifs is 1. The van der Waals surface area contributed by atoms with Gasteiger partial charge in [-0.3, -0.25) is 0 Å². The lowest BCUT2D eigenvalue weighted by molar-refractivity contribution is 0.533. The van der Waals surface area contributed by atoms with E-state index in [1.165, 1.54) is 44.9 Å². The summed E-state index contributed by atoms with van der Waals surface area (Å²) in [6, 6.07) is 0. The summed E-state index contributed by atoms with van der Waals surface area (Å²) < 4.78 is 0. The monoisotopic (exact) mass is 190 g/mol. The molecule has 0 aromatic heterocycles. The van der Waals surface area contributed by atoms with Gasteiger partial charge in [0, 0.05) is 0 Å². The summed E-state index contributed by atoms with van der Waals surface area (Å²) in [6.07, 6.45) is 16.9. The number of allylic oxidation sites excluding steroid dienone is 4. The van der Waals surface area contributed by atoms with Crippen LogP contribution in [-0.2, 0) is 0 Å². The molecule has 0 nitrogen and oxygen atoms in total. The third kappa shape index (κ3) is 2.10. The highest BCUT2D eigenvalue weighted by Gasteiger charge is 2.28. The summed E-state index contributed by atoms with van der Waals surface area (Å²) in [5, 5.41) is 0. The first-order chi connectivity index (χ1) is 6.92. The molecule has 1 fully saturated rings. The molecule has 0 aromatic carbocycles. The van der Waals surface area contributed by atoms with E-state index < -0.39 is 0 Å². The minimum atomic E-state index is 0.905. The molecule has 0 aliphatic heterocycles. The zero-order chi connectivity index (χ0) is 9.80. The number of rotatable bonds is 1. The SMILES string of the molecule is CCC1CCC2CCCC/C=C/C=C/12. The van der Waals surface area contributed by atoms with Crippen molar-refractivity contribution < 1.29 is 0 Å². The summed E-state index contributed by atoms with van der Waals surface area (Å²) in [7, 11) is 0. The molecule has 14 heavy (non-hydrogen) atoms. The van der Waals surface area contributed by atoms with E-state index in [0.717, 1.165) is 11.8 Å². The molecule has 0 radical (unpaired) electrons. The average Bonchev–Trinajstić information content (AvgIpc) is 2.61. The van der Waals surface area contributed by atoms with Gasteiger partial charge in [-0.25, -0.2) is 0 Å². The fourth-order valence-corrected chi connectivity index (χ4v) is 3.02. The first-order valence-electron chi connectivity index (χ1n) is 6.28. The molecule has 0 bridgehead atoms. The van der Waals surface area contributed by atoms with Crippen molar-refractivity contribution in [3.8, 4) is 0 Å². The molecule has 0 aromatic rings. The van der Waals surface area contributed by atoms with Crippen LogP contribution in [0.2, 0.25) is 0 Å². The smallest absolute Gasteiger partial charge is 0.0197 e. The molecule has 2 rings (SSSR count). The van der Waals surface area contributed by atoms with E-state index in [1.807, 2.05) is 0 Å². The van der Waals surface area contributed by atoms with Gasteiger partial charge in [0.15, 0.2) is 0 Å². The van der Waals surface area contributed by atoms with Crippen LogP contribution < -0.4 is 0 Å². The fraction of sp³-hybridized carbons (Fsp3) is 0.714. The van der Waals surface area contributed by atoms with Gasteiger partial charge in [-0.15, -0.1) is 0 Å². The molecule has 0 heteroatoms. The van der Waals surface area contributed by atoms with Gasteiger partial charge in [0.2, 0.25) is 0 Å². The third-order valence-electron chi connectivity index (χ3n) is 3.90. The van der Waals surface area contributed by atoms with Crippen molar-refractivity contribution in [3.05, 3.63) is 23.8 Å². The molecular weight excluding hydrogens is 168 g/mol. The Morgan fingerprint density at radius 3 is 3.00 bits per heavy atom. The second-order valence-electron chi connectivity index (χ2n) is 4.76. The second kappa shape index (κ2) is 4.82. The lowest BCUT2D eigenvalue weighted by Crippen LogP contribution is -2.01. The van der Waals surface area contributed by atoms with Crippen molar-refractivity contribution in [1.82, 2.24) is 0 Å². The highest BCUT2D eigenvalue weighted by atomic mass is 14.3. The Labute approximate surface area is 88.1 Å². The van der Waals surface area contributed by atoms with Crippen molar-refractivity contribution in [1.29, 1.82) is 0 Å². The number of hydrogen-bond donors (Lipinski definition) is 0. The van der Waals surface area contributed by atoms with Gasteiger partial charge in [-0.05, 0) is 50.4 Å². The predicted molar refractivity (Wildman–Crippen MR) is 62.2 cm³/mol. The minimum Gasteiger partial charge on any atom is -0.0845 e. The van der Waals surface area contributed by atoms with E-state index in [4.69, 9.17) is 0 Å². The second-order valence-corrected chi connectivity index (χ2v) is 4.76. The van der Waals surface area contributed by atoms with Gasteiger partial charge < -0.3 is 0 Å². The predicted octanol–water partition coefficient (Wildman–Crippen LogP) is 4.48. The van der Waals surface area contributed by atoms with E-state index in [9.17, 15) is 0 Å². The lowest BCUT2D eigenvalue weighted by atomic mass is 9.91. The topological polar surface area (TPSA) is 0 Å². The summed E-state index contributed by atoms with van der Waals surface area (Å²) >= 11 is 0. The average molecular weight is 190 g/mol. The molecular formula is C14H22. The fourth-order valence-electron chi connectivity index (χ4n) is 3.02. The first-order valence-corrected chi connectivity index (χ1v) is 6.28. The summed E-state index contributed by atoms with van der Waals surface area (Å²) in [4.78, 5) is 0. The van der Waals surface area contributed by atoms with Gasteiger partial charge >= 0.3 is 0 Å². The molecule has 2 aliphatic carbocycles. The Hall–Kier alpha value is -0.520. The maximum absolute atomic E-state index is 2.43. The zero-order valence-corrected chi connectivity index (χ0v) is 9.34. The van der Waals surface area contributed by atoms with Gasteiger partial charge in [-0.2, -0.15) is 0 Å². The van der Waals surface area contributed by atoms with Crippen LogP contribution in [-0.4, -0.2) is 0 Å². The molecule has 1 saturated carbocycles. The quantitative estimate of drug-likeness (QED) is 0.572. The van der Waals surface area contributed by atoms with Crippen molar-refractivity contribution >= 4 is 0 Å². The lowest BCUT2D eigenvalue weighted by Gasteiger charge is -2.14. The van der Waals surface area contributed by atoms with E-state index in [1.54, 1.807) is 5.57 Å². The van der Waals surface area contributed by atoms with Crippen LogP contribution in [0.1, 0.15) is 51.9 Å². The van der Waals surface area contributed by atoms with Crippen LogP contribution in [0.3, 0.4) is 0 Å². The molecule has 0 heterocycles. The molecule has 0 spiro atoms. The maximum Gasteiger partial charge on any atom is -0.0197 e. The minimum absolute atomic E-state index is 0.905. The van der Waals surface area contributed by atoms with E-state index in [-0.39, 0.29) is 0 Å². The third-order valence-corrected chi connectivity index (χ3v) is 3.90. The molecule has 0 amide bonds. The van der Waals surface area contributed by atoms with Crippen molar-refractivity contribution in [2.45, 2.75) is 51.9 Å². The Bertz CT molecular complexity index is 234. The van der Waals surface area contributed by atoms with Crippen molar-refractivity contribution in [2.75, 3.05) is 0 Å². The Morgan fingerprint density at radius 1 is 1.21 bits per heavy atom. The van der Waals surface area contributed by atoms with Crippen LogP contribution in [0.5, 0.6) is 0 Å². The van der Waals surface area contributed by atoms with Crippen LogP contribution in [0.4, 0.5) is 0 Å². The highest BCUT2D eigenvalue weighted by Crippen LogP contribution is 2.41. The largest absolute Gasteiger partial charge is 0.0845 e. The highest BCUT2D eigenvalue weighted by molar-refractivity contribution is 5.21. The van der Waals surface area contributed by atoms with Gasteiger partial charge in [0.1, 0.15) is 0 Å². The van der Waals surface area contributed by atoms with Crippen LogP contribution in [0, 0.1) is 11.8 Å². The molecule has 2 atom stereocenters. The summed E-state index contributed by atoms with van der Waals surface area (Å²) in [5.41, 5.74) is 1.77. The van der Waals surface area contributed by atoms with Gasteiger partial charge in [0.05, 0.1) is 0 Å². The van der Waals surface area contributed by atoms with Gasteiger partial charge in [0.25, 0.3) is 0 Å². The number of hydrogen-bond acceptors (Lipinski definition) is 0. The molecule has 0 N–H and O–H groups in total. The molecule has 2 aliphatic rings. The Morgan fingerprint density at radius 2 is 2.14 bits per heavy atom. The first kappa shape index (κ1) is 10.0. The molecule has 2 unspecified atom stereocenters. The Balaban J connectivity index is 2.13. The maximum atomic E-state index is 2.43. The Kier molecular flexibility index (Phi) is 3.44. The zero-order valence-electron chi connectivity index (χ0n) is 9.34. The van der Waals surface area contributed by atoms with E-state index >= 15 is 0 Å². The van der Waals surface area contributed by atoms with Crippen LogP contribution in [0.25, 0.3) is 0 Å². The molecule has 78 valence electrons. The summed E-state index contributed by atoms with van der Waals surface area (Å²) in [5.74, 6) is 1.84. The van der Waals surface area contributed by atoms with Crippen molar-refractivity contribution in [3.63, 3.8) is 0 Å². The molecule has 0 saturated heterocycles. The van der Waals surface area contributed by atoms with Crippen LogP contribution >= 0.6 is 0 Å². The summed E-state index contributed by atoms with van der Waals surface area (Å²) in [6.45, 7) is 2.34. The van der Waals surface area contributed by atoms with Gasteiger partial charge in [-0.1, -0.05) is 37.1 Å². The normalized spacial score (nSPS) is 38.8. The van der Waals surface area contributed by atoms with E-state index in [0.29, 0.717) is 0 Å². The standard InChI is InChI=1S/C14H22/c1-2-12-10-11-13-8-6-4-3-5-7-9-14(12)13/h5,7,9,12-13H,2-4,6,8,10-11H2,1H3/b7-5+,14-9-.